The van der Waals surface area contributed by atoms with Gasteiger partial charge in [-0.3, -0.25) is 0 Å². The average Bonchev–Trinajstić information content (AvgIpc) is 2.74. The second-order valence-corrected chi connectivity index (χ2v) is 16.6. The number of allylic oxidation sites excluding steroid dienone is 6. The molecule has 0 N–H and O–H groups in total. The van der Waals surface area contributed by atoms with Gasteiger partial charge in [0.25, 0.3) is 0 Å². The number of hydrogen-bond donors (Lipinski definition) is 0. The van der Waals surface area contributed by atoms with Crippen molar-refractivity contribution in [3.8, 4) is 5.75 Å². The van der Waals surface area contributed by atoms with Crippen molar-refractivity contribution < 1.29 is 23.1 Å². The van der Waals surface area contributed by atoms with E-state index >= 15 is 0 Å². The summed E-state index contributed by atoms with van der Waals surface area (Å²) in [5, 5.41) is 0. The summed E-state index contributed by atoms with van der Waals surface area (Å²) >= 11 is 0.267. The third-order valence-electron chi connectivity index (χ3n) is 4.25. The van der Waals surface area contributed by atoms with E-state index < -0.39 is 0 Å². The number of benzene rings is 1. The van der Waals surface area contributed by atoms with Gasteiger partial charge in [0.2, 0.25) is 0 Å². The Morgan fingerprint density at radius 1 is 1.08 bits per heavy atom. The van der Waals surface area contributed by atoms with E-state index in [1.807, 2.05) is 34.2 Å². The molecule has 128 valence electrons. The number of rotatable bonds is 5. The van der Waals surface area contributed by atoms with Gasteiger partial charge in [0, 0.05) is 0 Å². The van der Waals surface area contributed by atoms with Crippen LogP contribution in [-0.2, 0) is 18.4 Å². The first-order chi connectivity index (χ1) is 11.4. The zero-order chi connectivity index (χ0) is 18.1. The number of hydrogen-bond acceptors (Lipinski definition) is 1. The van der Waals surface area contributed by atoms with E-state index in [4.69, 9.17) is 4.74 Å². The van der Waals surface area contributed by atoms with Crippen molar-refractivity contribution >= 4 is 6.66 Å². The molecule has 0 aliphatic heterocycles. The molecule has 3 heteroatoms. The first kappa shape index (κ1) is 21.0. The quantitative estimate of drug-likeness (QED) is 0.345. The fourth-order valence-electron chi connectivity index (χ4n) is 2.58. The summed E-state index contributed by atoms with van der Waals surface area (Å²) in [5.41, 5.74) is 4.86. The van der Waals surface area contributed by atoms with Crippen molar-refractivity contribution in [3.05, 3.63) is 75.9 Å². The monoisotopic (exact) mass is 374 g/mol. The topological polar surface area (TPSA) is 9.23 Å². The Balaban J connectivity index is 0.000000243. The Bertz CT molecular complexity index is 626. The molecular weight excluding hydrogens is 344 g/mol. The van der Waals surface area contributed by atoms with Gasteiger partial charge in [-0.05, 0) is 18.2 Å². The van der Waals surface area contributed by atoms with Crippen LogP contribution in [-0.4, -0.2) is 6.66 Å². The molecule has 0 saturated carbocycles. The van der Waals surface area contributed by atoms with Crippen LogP contribution in [0.15, 0.2) is 75.9 Å². The maximum absolute atomic E-state index is 5.19. The van der Waals surface area contributed by atoms with Crippen molar-refractivity contribution in [1.82, 2.24) is 0 Å². The van der Waals surface area contributed by atoms with E-state index in [2.05, 4.69) is 47.4 Å². The molecule has 1 aliphatic rings. The molecule has 1 nitrogen and oxygen atoms in total. The van der Waals surface area contributed by atoms with Crippen molar-refractivity contribution in [2.75, 3.05) is 0 Å². The predicted molar refractivity (Wildman–Crippen MR) is 106 cm³/mol. The van der Waals surface area contributed by atoms with Gasteiger partial charge in [-0.2, -0.15) is 0 Å². The molecule has 0 fully saturated rings. The van der Waals surface area contributed by atoms with Crippen LogP contribution < -0.4 is 4.74 Å². The summed E-state index contributed by atoms with van der Waals surface area (Å²) < 4.78 is 7.05. The third-order valence-corrected chi connectivity index (χ3v) is 10.6. The Kier molecular flexibility index (Phi) is 9.35. The van der Waals surface area contributed by atoms with Crippen LogP contribution in [0.3, 0.4) is 0 Å². The van der Waals surface area contributed by atoms with Gasteiger partial charge < -0.3 is 4.74 Å². The molecule has 0 aromatic heterocycles. The molecule has 0 bridgehead atoms. The van der Waals surface area contributed by atoms with Crippen molar-refractivity contribution in [2.45, 2.75) is 40.8 Å². The van der Waals surface area contributed by atoms with E-state index in [-0.39, 0.29) is 25.1 Å². The van der Waals surface area contributed by atoms with Gasteiger partial charge in [0.15, 0.2) is 0 Å². The van der Waals surface area contributed by atoms with Crippen LogP contribution >= 0.6 is 0 Å². The second-order valence-electron chi connectivity index (χ2n) is 6.36. The Labute approximate surface area is 157 Å². The first-order valence-electron chi connectivity index (χ1n) is 8.52. The number of para-hydroxylation sites is 1. The molecule has 1 aromatic carbocycles. The molecule has 1 aromatic rings. The summed E-state index contributed by atoms with van der Waals surface area (Å²) in [6.45, 7) is 17.5. The molecule has 2 rings (SSSR count). The number of ether oxygens (including phenoxy) is 1. The predicted octanol–water partition coefficient (Wildman–Crippen LogP) is 6.08. The molecular formula is C21H30OSiTi. The molecule has 24 heavy (non-hydrogen) atoms. The van der Waals surface area contributed by atoms with E-state index in [1.165, 1.54) is 0 Å². The van der Waals surface area contributed by atoms with E-state index in [9.17, 15) is 0 Å². The Hall–Kier alpha value is -1.09. The van der Waals surface area contributed by atoms with Crippen LogP contribution in [0.5, 0.6) is 5.75 Å². The van der Waals surface area contributed by atoms with Crippen molar-refractivity contribution in [1.29, 1.82) is 0 Å². The SMILES string of the molecule is C=CC=COc1ccccc1.CC1=C(C)C(C)[C]([Ti][SiH](C)C)=C1C. The second kappa shape index (κ2) is 10.7. The molecule has 0 radical (unpaired) electrons. The average molecular weight is 374 g/mol. The standard InChI is InChI=1S/C10H10O.C9H13.C2H7Si.Ti/c1-2-3-9-11-10-7-5-4-6-8-10;1-6-5-7(2)9(4)8(6)3;1-3-2;/h2-9H,1H2;6H,1-4H3;3H,1-2H3;. The minimum atomic E-state index is -0.315. The summed E-state index contributed by atoms with van der Waals surface area (Å²) in [6, 6.07) is 9.60. The maximum atomic E-state index is 5.19. The van der Waals surface area contributed by atoms with Crippen LogP contribution in [0.25, 0.3) is 0 Å². The molecule has 0 amide bonds. The van der Waals surface area contributed by atoms with E-state index in [0.29, 0.717) is 0 Å². The first-order valence-corrected chi connectivity index (χ1v) is 14.9. The molecule has 0 heterocycles. The zero-order valence-electron chi connectivity index (χ0n) is 15.9. The molecule has 1 atom stereocenters. The Morgan fingerprint density at radius 2 is 1.71 bits per heavy atom. The summed E-state index contributed by atoms with van der Waals surface area (Å²) in [6.07, 6.45) is 5.01. The molecule has 1 unspecified atom stereocenters. The van der Waals surface area contributed by atoms with E-state index in [0.717, 1.165) is 11.7 Å². The molecule has 0 saturated heterocycles. The van der Waals surface area contributed by atoms with Crippen LogP contribution in [0.4, 0.5) is 0 Å². The molecule has 1 aliphatic carbocycles. The van der Waals surface area contributed by atoms with Gasteiger partial charge in [-0.15, -0.1) is 0 Å². The fraction of sp³-hybridized carbons (Fsp3) is 0.333. The third kappa shape index (κ3) is 6.43. The minimum absolute atomic E-state index is 0.267. The van der Waals surface area contributed by atoms with Gasteiger partial charge in [0.05, 0.1) is 6.26 Å². The summed E-state index contributed by atoms with van der Waals surface area (Å²) in [4.78, 5) is 0. The fourth-order valence-corrected chi connectivity index (χ4v) is 9.40. The van der Waals surface area contributed by atoms with Crippen molar-refractivity contribution in [3.63, 3.8) is 0 Å². The van der Waals surface area contributed by atoms with Crippen LogP contribution in [0, 0.1) is 5.92 Å². The van der Waals surface area contributed by atoms with Crippen LogP contribution in [0.1, 0.15) is 27.7 Å². The van der Waals surface area contributed by atoms with Gasteiger partial charge >= 0.3 is 92.4 Å². The summed E-state index contributed by atoms with van der Waals surface area (Å²) in [5.74, 6) is 1.63. The van der Waals surface area contributed by atoms with E-state index in [1.54, 1.807) is 35.1 Å². The van der Waals surface area contributed by atoms with Gasteiger partial charge in [-0.25, -0.2) is 0 Å². The summed E-state index contributed by atoms with van der Waals surface area (Å²) in [7, 11) is 0. The van der Waals surface area contributed by atoms with Crippen LogP contribution in [0.2, 0.25) is 13.1 Å². The van der Waals surface area contributed by atoms with Gasteiger partial charge in [-0.1, -0.05) is 30.9 Å². The van der Waals surface area contributed by atoms with Crippen molar-refractivity contribution in [2.24, 2.45) is 5.92 Å². The zero-order valence-corrected chi connectivity index (χ0v) is 18.6. The normalized spacial score (nSPS) is 17.2. The van der Waals surface area contributed by atoms with Gasteiger partial charge in [0.1, 0.15) is 5.75 Å². The molecule has 0 spiro atoms. The Morgan fingerprint density at radius 3 is 2.17 bits per heavy atom.